The third-order valence-electron chi connectivity index (χ3n) is 0.957. The second-order valence-corrected chi connectivity index (χ2v) is 1.72. The lowest BCUT2D eigenvalue weighted by Crippen LogP contribution is -2.03. The number of alkyl halides is 1. The Morgan fingerprint density at radius 3 is 1.88 bits per heavy atom. The highest BCUT2D eigenvalue weighted by Crippen LogP contribution is 1.90. The first-order valence-electron chi connectivity index (χ1n) is 3.18. The van der Waals surface area contributed by atoms with E-state index in [1.54, 1.807) is 0 Å². The standard InChI is InChI=1S/C4H9N.C2H5F/c1-2-4-5-3-1;1-2-3/h5H,1-4H2;2H2,1H3. The molecule has 1 aliphatic heterocycles. The van der Waals surface area contributed by atoms with Gasteiger partial charge in [0, 0.05) is 0 Å². The quantitative estimate of drug-likeness (QED) is 0.507. The maximum atomic E-state index is 10.3. The number of nitrogens with one attached hydrogen (secondary N) is 1. The molecule has 0 aromatic heterocycles. The maximum absolute atomic E-state index is 10.3. The fourth-order valence-corrected chi connectivity index (χ4v) is 0.625. The van der Waals surface area contributed by atoms with Gasteiger partial charge >= 0.3 is 0 Å². The van der Waals surface area contributed by atoms with Crippen molar-refractivity contribution in [2.75, 3.05) is 19.8 Å². The van der Waals surface area contributed by atoms with Crippen molar-refractivity contribution in [1.29, 1.82) is 0 Å². The predicted molar refractivity (Wildman–Crippen MR) is 33.8 cm³/mol. The molecule has 1 saturated heterocycles. The van der Waals surface area contributed by atoms with Crippen LogP contribution in [0.3, 0.4) is 0 Å². The summed E-state index contributed by atoms with van der Waals surface area (Å²) in [6, 6.07) is 0. The zero-order chi connectivity index (χ0) is 6.24. The van der Waals surface area contributed by atoms with Gasteiger partial charge < -0.3 is 5.32 Å². The molecule has 0 aromatic carbocycles. The summed E-state index contributed by atoms with van der Waals surface area (Å²) in [5.74, 6) is 0. The van der Waals surface area contributed by atoms with Crippen molar-refractivity contribution in [2.24, 2.45) is 0 Å². The minimum absolute atomic E-state index is 0.250. The van der Waals surface area contributed by atoms with Gasteiger partial charge in [0.05, 0.1) is 6.67 Å². The molecule has 0 radical (unpaired) electrons. The summed E-state index contributed by atoms with van der Waals surface area (Å²) in [6.07, 6.45) is 2.78. The molecule has 0 aromatic rings. The Morgan fingerprint density at radius 1 is 1.38 bits per heavy atom. The van der Waals surface area contributed by atoms with Crippen molar-refractivity contribution in [1.82, 2.24) is 5.32 Å². The van der Waals surface area contributed by atoms with E-state index in [4.69, 9.17) is 0 Å². The van der Waals surface area contributed by atoms with Crippen LogP contribution in [0.5, 0.6) is 0 Å². The van der Waals surface area contributed by atoms with E-state index in [-0.39, 0.29) is 6.67 Å². The lowest BCUT2D eigenvalue weighted by molar-refractivity contribution is 0.527. The van der Waals surface area contributed by atoms with Crippen LogP contribution in [-0.4, -0.2) is 19.8 Å². The number of hydrogen-bond donors (Lipinski definition) is 1. The van der Waals surface area contributed by atoms with Crippen molar-refractivity contribution in [3.05, 3.63) is 0 Å². The van der Waals surface area contributed by atoms with Crippen LogP contribution >= 0.6 is 0 Å². The Kier molecular flexibility index (Phi) is 6.80. The Labute approximate surface area is 50.3 Å². The molecule has 0 bridgehead atoms. The highest BCUT2D eigenvalue weighted by atomic mass is 19.1. The smallest absolute Gasteiger partial charge is 0.0866 e. The van der Waals surface area contributed by atoms with E-state index in [0.29, 0.717) is 0 Å². The topological polar surface area (TPSA) is 12.0 Å². The molecule has 0 aliphatic carbocycles. The number of halogens is 1. The number of hydrogen-bond acceptors (Lipinski definition) is 1. The molecule has 2 heteroatoms. The number of rotatable bonds is 0. The van der Waals surface area contributed by atoms with E-state index in [2.05, 4.69) is 5.32 Å². The molecule has 50 valence electrons. The Morgan fingerprint density at radius 2 is 1.75 bits per heavy atom. The summed E-state index contributed by atoms with van der Waals surface area (Å²) in [7, 11) is 0. The summed E-state index contributed by atoms with van der Waals surface area (Å²) in [5.41, 5.74) is 0. The monoisotopic (exact) mass is 119 g/mol. The maximum Gasteiger partial charge on any atom is 0.0866 e. The first kappa shape index (κ1) is 7.89. The Hall–Kier alpha value is -0.110. The van der Waals surface area contributed by atoms with Crippen LogP contribution in [0.4, 0.5) is 4.39 Å². The van der Waals surface area contributed by atoms with Crippen LogP contribution in [0.25, 0.3) is 0 Å². The summed E-state index contributed by atoms with van der Waals surface area (Å²) < 4.78 is 10.3. The predicted octanol–water partition coefficient (Wildman–Crippen LogP) is 1.35. The zero-order valence-corrected chi connectivity index (χ0v) is 5.41. The van der Waals surface area contributed by atoms with Gasteiger partial charge in [-0.05, 0) is 32.9 Å². The summed E-state index contributed by atoms with van der Waals surface area (Å²) in [5, 5.41) is 3.22. The third-order valence-corrected chi connectivity index (χ3v) is 0.957. The van der Waals surface area contributed by atoms with Gasteiger partial charge in [-0.1, -0.05) is 0 Å². The van der Waals surface area contributed by atoms with Crippen LogP contribution in [0.15, 0.2) is 0 Å². The molecule has 0 spiro atoms. The van der Waals surface area contributed by atoms with E-state index in [0.717, 1.165) is 0 Å². The van der Waals surface area contributed by atoms with Crippen molar-refractivity contribution in [2.45, 2.75) is 19.8 Å². The molecular formula is C6H14FN. The molecule has 1 rings (SSSR count). The van der Waals surface area contributed by atoms with Crippen LogP contribution in [-0.2, 0) is 0 Å². The van der Waals surface area contributed by atoms with Crippen molar-refractivity contribution < 1.29 is 4.39 Å². The van der Waals surface area contributed by atoms with Gasteiger partial charge in [0.1, 0.15) is 0 Å². The van der Waals surface area contributed by atoms with E-state index in [1.807, 2.05) is 0 Å². The average Bonchev–Trinajstić information content (AvgIpc) is 2.17. The van der Waals surface area contributed by atoms with Gasteiger partial charge in [-0.3, -0.25) is 4.39 Å². The fourth-order valence-electron chi connectivity index (χ4n) is 0.625. The van der Waals surface area contributed by atoms with Crippen LogP contribution in [0.2, 0.25) is 0 Å². The van der Waals surface area contributed by atoms with Crippen LogP contribution < -0.4 is 5.32 Å². The molecular weight excluding hydrogens is 105 g/mol. The first-order chi connectivity index (χ1) is 3.91. The van der Waals surface area contributed by atoms with Gasteiger partial charge in [-0.15, -0.1) is 0 Å². The molecule has 1 fully saturated rings. The SMILES string of the molecule is C1CCNC1.CCF. The Bertz CT molecular complexity index is 27.9. The molecule has 0 amide bonds. The molecule has 0 atom stereocenters. The fraction of sp³-hybridized carbons (Fsp3) is 1.00. The van der Waals surface area contributed by atoms with Crippen molar-refractivity contribution in [3.63, 3.8) is 0 Å². The molecule has 0 saturated carbocycles. The van der Waals surface area contributed by atoms with Gasteiger partial charge in [-0.2, -0.15) is 0 Å². The molecule has 1 aliphatic rings. The van der Waals surface area contributed by atoms with Gasteiger partial charge in [-0.25, -0.2) is 0 Å². The first-order valence-corrected chi connectivity index (χ1v) is 3.18. The lowest BCUT2D eigenvalue weighted by atomic mass is 10.4. The van der Waals surface area contributed by atoms with Crippen molar-refractivity contribution in [3.8, 4) is 0 Å². The summed E-state index contributed by atoms with van der Waals surface area (Å²) in [6.45, 7) is 3.71. The normalized spacial score (nSPS) is 17.2. The minimum atomic E-state index is -0.250. The molecule has 1 nitrogen and oxygen atoms in total. The van der Waals surface area contributed by atoms with Gasteiger partial charge in [0.15, 0.2) is 0 Å². The molecule has 1 heterocycles. The second kappa shape index (κ2) is 6.89. The van der Waals surface area contributed by atoms with Crippen LogP contribution in [0.1, 0.15) is 19.8 Å². The van der Waals surface area contributed by atoms with Gasteiger partial charge in [0.2, 0.25) is 0 Å². The summed E-state index contributed by atoms with van der Waals surface area (Å²) >= 11 is 0. The largest absolute Gasteiger partial charge is 0.317 e. The van der Waals surface area contributed by atoms with E-state index < -0.39 is 0 Å². The van der Waals surface area contributed by atoms with Crippen LogP contribution in [0, 0.1) is 0 Å². The molecule has 1 N–H and O–H groups in total. The highest BCUT2D eigenvalue weighted by molar-refractivity contribution is 4.55. The minimum Gasteiger partial charge on any atom is -0.317 e. The highest BCUT2D eigenvalue weighted by Gasteiger charge is 1.93. The average molecular weight is 119 g/mol. The van der Waals surface area contributed by atoms with E-state index in [1.165, 1.54) is 32.9 Å². The molecule has 8 heavy (non-hydrogen) atoms. The van der Waals surface area contributed by atoms with Crippen molar-refractivity contribution >= 4 is 0 Å². The van der Waals surface area contributed by atoms with E-state index >= 15 is 0 Å². The van der Waals surface area contributed by atoms with E-state index in [9.17, 15) is 4.39 Å². The summed E-state index contributed by atoms with van der Waals surface area (Å²) in [4.78, 5) is 0. The Balaban J connectivity index is 0.000000145. The van der Waals surface area contributed by atoms with Gasteiger partial charge in [0.25, 0.3) is 0 Å². The zero-order valence-electron chi connectivity index (χ0n) is 5.41. The second-order valence-electron chi connectivity index (χ2n) is 1.72. The third kappa shape index (κ3) is 5.89. The lowest BCUT2D eigenvalue weighted by Gasteiger charge is -1.76. The molecule has 0 unspecified atom stereocenters.